The standard InChI is InChI=1S/C22H20ClN5O3/c1-14-7-9-16(10-8-14)28-21(30)20-18(12-25-26(20)2)27(22(28)31)13-19(29)24-11-15-5-3-4-6-17(15)23/h3-10,12H,11,13H2,1-2H3,(H,24,29). The number of benzene rings is 2. The van der Waals surface area contributed by atoms with Gasteiger partial charge in [0.05, 0.1) is 17.4 Å². The molecule has 4 rings (SSSR count). The van der Waals surface area contributed by atoms with E-state index in [1.807, 2.05) is 31.2 Å². The number of rotatable bonds is 5. The summed E-state index contributed by atoms with van der Waals surface area (Å²) in [6.07, 6.45) is 1.42. The molecular formula is C22H20ClN5O3. The number of nitrogens with one attached hydrogen (secondary N) is 1. The van der Waals surface area contributed by atoms with Crippen molar-refractivity contribution in [3.05, 3.63) is 91.7 Å². The van der Waals surface area contributed by atoms with E-state index in [0.29, 0.717) is 16.2 Å². The smallest absolute Gasteiger partial charge is 0.336 e. The highest BCUT2D eigenvalue weighted by Crippen LogP contribution is 2.14. The van der Waals surface area contributed by atoms with Crippen molar-refractivity contribution in [3.63, 3.8) is 0 Å². The van der Waals surface area contributed by atoms with Gasteiger partial charge in [0.2, 0.25) is 5.91 Å². The molecule has 0 fully saturated rings. The molecule has 0 unspecified atom stereocenters. The lowest BCUT2D eigenvalue weighted by Crippen LogP contribution is -2.42. The highest BCUT2D eigenvalue weighted by molar-refractivity contribution is 6.31. The normalized spacial score (nSPS) is 11.1. The fourth-order valence-electron chi connectivity index (χ4n) is 3.40. The maximum atomic E-state index is 13.3. The topological polar surface area (TPSA) is 90.9 Å². The van der Waals surface area contributed by atoms with Gasteiger partial charge in [-0.2, -0.15) is 5.10 Å². The molecule has 4 aromatic rings. The van der Waals surface area contributed by atoms with Crippen molar-refractivity contribution in [2.45, 2.75) is 20.0 Å². The lowest BCUT2D eigenvalue weighted by Gasteiger charge is -2.13. The zero-order valence-electron chi connectivity index (χ0n) is 17.0. The van der Waals surface area contributed by atoms with Crippen LogP contribution in [0, 0.1) is 6.92 Å². The number of amides is 1. The summed E-state index contributed by atoms with van der Waals surface area (Å²) in [4.78, 5) is 39.0. The first-order valence-corrected chi connectivity index (χ1v) is 9.99. The van der Waals surface area contributed by atoms with E-state index in [-0.39, 0.29) is 24.5 Å². The number of carbonyl (C=O) groups excluding carboxylic acids is 1. The zero-order valence-corrected chi connectivity index (χ0v) is 17.8. The molecule has 2 aromatic carbocycles. The Balaban J connectivity index is 1.74. The van der Waals surface area contributed by atoms with Gasteiger partial charge in [-0.05, 0) is 30.7 Å². The monoisotopic (exact) mass is 437 g/mol. The van der Waals surface area contributed by atoms with Crippen LogP contribution < -0.4 is 16.6 Å². The molecule has 158 valence electrons. The molecule has 2 aromatic heterocycles. The highest BCUT2D eigenvalue weighted by Gasteiger charge is 2.19. The average molecular weight is 438 g/mol. The van der Waals surface area contributed by atoms with Crippen molar-refractivity contribution in [2.75, 3.05) is 0 Å². The Kier molecular flexibility index (Phi) is 5.48. The van der Waals surface area contributed by atoms with Crippen LogP contribution in [0.3, 0.4) is 0 Å². The van der Waals surface area contributed by atoms with Crippen LogP contribution in [0.5, 0.6) is 0 Å². The number of fused-ring (bicyclic) bond motifs is 1. The fraction of sp³-hybridized carbons (Fsp3) is 0.182. The number of aromatic nitrogens is 4. The van der Waals surface area contributed by atoms with E-state index in [0.717, 1.165) is 15.7 Å². The maximum absolute atomic E-state index is 13.3. The van der Waals surface area contributed by atoms with Crippen LogP contribution in [0.2, 0.25) is 5.02 Å². The minimum atomic E-state index is -0.609. The van der Waals surface area contributed by atoms with Crippen LogP contribution in [0.4, 0.5) is 0 Å². The Morgan fingerprint density at radius 3 is 2.52 bits per heavy atom. The number of nitrogens with zero attached hydrogens (tertiary/aromatic N) is 4. The number of aryl methyl sites for hydroxylation is 2. The first-order valence-electron chi connectivity index (χ1n) is 9.61. The lowest BCUT2D eigenvalue weighted by atomic mass is 10.2. The van der Waals surface area contributed by atoms with E-state index >= 15 is 0 Å². The van der Waals surface area contributed by atoms with Crippen LogP contribution in [0.25, 0.3) is 16.7 Å². The van der Waals surface area contributed by atoms with Gasteiger partial charge in [0.15, 0.2) is 5.52 Å². The minimum Gasteiger partial charge on any atom is -0.350 e. The molecule has 0 spiro atoms. The summed E-state index contributed by atoms with van der Waals surface area (Å²) >= 11 is 6.14. The molecule has 9 heteroatoms. The third-order valence-electron chi connectivity index (χ3n) is 5.07. The van der Waals surface area contributed by atoms with Crippen LogP contribution in [-0.4, -0.2) is 24.8 Å². The van der Waals surface area contributed by atoms with Gasteiger partial charge in [-0.3, -0.25) is 18.8 Å². The number of hydrogen-bond acceptors (Lipinski definition) is 4. The van der Waals surface area contributed by atoms with E-state index in [9.17, 15) is 14.4 Å². The molecule has 0 saturated carbocycles. The third-order valence-corrected chi connectivity index (χ3v) is 5.43. The molecule has 1 amide bonds. The average Bonchev–Trinajstić information content (AvgIpc) is 3.13. The van der Waals surface area contributed by atoms with Gasteiger partial charge < -0.3 is 5.32 Å². The van der Waals surface area contributed by atoms with Gasteiger partial charge in [-0.15, -0.1) is 0 Å². The van der Waals surface area contributed by atoms with Gasteiger partial charge in [-0.25, -0.2) is 9.36 Å². The van der Waals surface area contributed by atoms with E-state index in [2.05, 4.69) is 10.4 Å². The zero-order chi connectivity index (χ0) is 22.1. The highest BCUT2D eigenvalue weighted by atomic mass is 35.5. The number of carbonyl (C=O) groups is 1. The summed E-state index contributed by atoms with van der Waals surface area (Å²) in [6.45, 7) is 1.87. The predicted molar refractivity (Wildman–Crippen MR) is 119 cm³/mol. The van der Waals surface area contributed by atoms with Crippen molar-refractivity contribution >= 4 is 28.5 Å². The second-order valence-electron chi connectivity index (χ2n) is 7.21. The summed E-state index contributed by atoms with van der Waals surface area (Å²) in [6, 6.07) is 14.2. The number of hydrogen-bond donors (Lipinski definition) is 1. The summed E-state index contributed by atoms with van der Waals surface area (Å²) < 4.78 is 3.72. The van der Waals surface area contributed by atoms with Crippen LogP contribution in [0.1, 0.15) is 11.1 Å². The summed E-state index contributed by atoms with van der Waals surface area (Å²) in [5.41, 5.74) is 1.62. The molecule has 0 aliphatic rings. The van der Waals surface area contributed by atoms with Crippen LogP contribution >= 0.6 is 11.6 Å². The van der Waals surface area contributed by atoms with Gasteiger partial charge in [0, 0.05) is 18.6 Å². The van der Waals surface area contributed by atoms with Gasteiger partial charge in [0.1, 0.15) is 6.54 Å². The first kappa shape index (κ1) is 20.6. The van der Waals surface area contributed by atoms with E-state index in [1.165, 1.54) is 15.4 Å². The second kappa shape index (κ2) is 8.23. The van der Waals surface area contributed by atoms with Gasteiger partial charge in [-0.1, -0.05) is 47.5 Å². The SMILES string of the molecule is Cc1ccc(-n2c(=O)c3c(cnn3C)n(CC(=O)NCc3ccccc3Cl)c2=O)cc1. The van der Waals surface area contributed by atoms with E-state index in [1.54, 1.807) is 31.3 Å². The van der Waals surface area contributed by atoms with Crippen molar-refractivity contribution in [2.24, 2.45) is 7.05 Å². The molecule has 0 atom stereocenters. The number of halogens is 1. The van der Waals surface area contributed by atoms with Crippen molar-refractivity contribution in [3.8, 4) is 5.69 Å². The van der Waals surface area contributed by atoms with Crippen LogP contribution in [0.15, 0.2) is 64.3 Å². The van der Waals surface area contributed by atoms with Gasteiger partial charge in [0.25, 0.3) is 5.56 Å². The molecule has 0 aliphatic heterocycles. The molecule has 1 N–H and O–H groups in total. The molecule has 0 radical (unpaired) electrons. The Bertz CT molecular complexity index is 1400. The lowest BCUT2D eigenvalue weighted by molar-refractivity contribution is -0.121. The molecule has 0 bridgehead atoms. The Morgan fingerprint density at radius 1 is 1.10 bits per heavy atom. The molecule has 0 saturated heterocycles. The molecule has 0 aliphatic carbocycles. The molecular weight excluding hydrogens is 418 g/mol. The summed E-state index contributed by atoms with van der Waals surface area (Å²) in [5.74, 6) is -0.388. The van der Waals surface area contributed by atoms with E-state index in [4.69, 9.17) is 11.6 Å². The Labute approximate surface area is 182 Å². The summed E-state index contributed by atoms with van der Waals surface area (Å²) in [5, 5.41) is 7.43. The predicted octanol–water partition coefficient (Wildman–Crippen LogP) is 2.16. The summed E-state index contributed by atoms with van der Waals surface area (Å²) in [7, 11) is 1.62. The fourth-order valence-corrected chi connectivity index (χ4v) is 3.60. The third kappa shape index (κ3) is 3.89. The van der Waals surface area contributed by atoms with E-state index < -0.39 is 11.2 Å². The largest absolute Gasteiger partial charge is 0.350 e. The Hall–Kier alpha value is -3.65. The van der Waals surface area contributed by atoms with Crippen molar-refractivity contribution in [1.29, 1.82) is 0 Å². The maximum Gasteiger partial charge on any atom is 0.336 e. The molecule has 8 nitrogen and oxygen atoms in total. The quantitative estimate of drug-likeness (QED) is 0.518. The minimum absolute atomic E-state index is 0.223. The van der Waals surface area contributed by atoms with Crippen LogP contribution in [-0.2, 0) is 24.9 Å². The first-order chi connectivity index (χ1) is 14.9. The Morgan fingerprint density at radius 2 is 1.81 bits per heavy atom. The molecule has 2 heterocycles. The van der Waals surface area contributed by atoms with Gasteiger partial charge >= 0.3 is 5.69 Å². The van der Waals surface area contributed by atoms with Crippen molar-refractivity contribution < 1.29 is 4.79 Å². The molecule has 31 heavy (non-hydrogen) atoms. The second-order valence-corrected chi connectivity index (χ2v) is 7.62. The van der Waals surface area contributed by atoms with Crippen molar-refractivity contribution in [1.82, 2.24) is 24.2 Å².